The van der Waals surface area contributed by atoms with Gasteiger partial charge in [-0.15, -0.1) is 37.2 Å². The van der Waals surface area contributed by atoms with Crippen molar-refractivity contribution in [3.05, 3.63) is 36.2 Å². The zero-order valence-corrected chi connectivity index (χ0v) is 26.3. The second kappa shape index (κ2) is 15.4. The lowest BCUT2D eigenvalue weighted by Crippen LogP contribution is -2.39. The molecule has 9 nitrogen and oxygen atoms in total. The van der Waals surface area contributed by atoms with Crippen LogP contribution >= 0.6 is 37.2 Å². The van der Waals surface area contributed by atoms with Crippen LogP contribution in [0.4, 0.5) is 11.8 Å². The molecule has 1 aromatic carbocycles. The van der Waals surface area contributed by atoms with Gasteiger partial charge in [-0.25, -0.2) is 9.99 Å². The fourth-order valence-corrected chi connectivity index (χ4v) is 6.54. The minimum absolute atomic E-state index is 0. The number of rotatable bonds is 8. The average molecular weight is 628 g/mol. The van der Waals surface area contributed by atoms with Gasteiger partial charge in [0.1, 0.15) is 5.75 Å². The van der Waals surface area contributed by atoms with Crippen LogP contribution in [0.25, 0.3) is 11.2 Å². The van der Waals surface area contributed by atoms with Crippen LogP contribution in [0.5, 0.6) is 5.75 Å². The number of halogens is 3. The summed E-state index contributed by atoms with van der Waals surface area (Å²) in [5, 5.41) is 5.94. The fourth-order valence-electron chi connectivity index (χ4n) is 6.54. The minimum Gasteiger partial charge on any atom is -0.496 e. The first-order valence-corrected chi connectivity index (χ1v) is 14.6. The minimum atomic E-state index is 0. The third-order valence-corrected chi connectivity index (χ3v) is 8.82. The zero-order chi connectivity index (χ0) is 25.9. The van der Waals surface area contributed by atoms with E-state index in [4.69, 9.17) is 25.4 Å². The van der Waals surface area contributed by atoms with Crippen LogP contribution in [0, 0.1) is 5.92 Å². The van der Waals surface area contributed by atoms with E-state index in [-0.39, 0.29) is 37.2 Å². The molecule has 0 radical (unpaired) electrons. The van der Waals surface area contributed by atoms with Gasteiger partial charge in [0.15, 0.2) is 17.0 Å². The summed E-state index contributed by atoms with van der Waals surface area (Å²) in [7, 11) is 1.76. The lowest BCUT2D eigenvalue weighted by atomic mass is 9.90. The van der Waals surface area contributed by atoms with Gasteiger partial charge in [-0.05, 0) is 75.3 Å². The van der Waals surface area contributed by atoms with E-state index in [2.05, 4.69) is 38.5 Å². The molecule has 0 amide bonds. The van der Waals surface area contributed by atoms with Crippen molar-refractivity contribution < 1.29 is 4.74 Å². The molecule has 0 spiro atoms. The molecule has 1 saturated heterocycles. The van der Waals surface area contributed by atoms with E-state index >= 15 is 0 Å². The Morgan fingerprint density at radius 3 is 2.34 bits per heavy atom. The summed E-state index contributed by atoms with van der Waals surface area (Å²) in [6, 6.07) is 9.57. The molecule has 0 unspecified atom stereocenters. The van der Waals surface area contributed by atoms with Gasteiger partial charge in [0.2, 0.25) is 5.95 Å². The lowest BCUT2D eigenvalue weighted by molar-refractivity contribution is 0.215. The van der Waals surface area contributed by atoms with Crippen molar-refractivity contribution in [2.75, 3.05) is 30.9 Å². The van der Waals surface area contributed by atoms with Gasteiger partial charge in [0.05, 0.1) is 13.4 Å². The van der Waals surface area contributed by atoms with E-state index in [0.717, 1.165) is 80.8 Å². The highest BCUT2D eigenvalue weighted by atomic mass is 35.5. The maximum Gasteiger partial charge on any atom is 0.227 e. The quantitative estimate of drug-likeness (QED) is 0.272. The van der Waals surface area contributed by atoms with Crippen molar-refractivity contribution in [1.82, 2.24) is 24.5 Å². The number of nitrogens with one attached hydrogen (secondary N) is 2. The number of nitrogens with two attached hydrogens (primary N) is 1. The molecule has 0 bridgehead atoms. The summed E-state index contributed by atoms with van der Waals surface area (Å²) in [6.45, 7) is 1.94. The monoisotopic (exact) mass is 626 g/mol. The summed E-state index contributed by atoms with van der Waals surface area (Å²) in [5.74, 6) is 3.15. The van der Waals surface area contributed by atoms with Crippen LogP contribution in [-0.2, 0) is 6.42 Å². The number of hydrazine groups is 1. The molecule has 1 aliphatic heterocycles. The standard InChI is InChI=1S/C29H42N8O.3ClH/c1-38-25-9-5-2-6-21(25)18-20-14-16-36(17-15-20)35-27-26-28(37(19-31-26)24-7-3-4-8-24)34-29(33-27)32-23-12-10-22(30)11-13-23;;;/h2,5-6,9,19-20,22-24H,3-4,7-8,10-18,30H2,1H3,(H2,32,33,34,35);3*1H. The van der Waals surface area contributed by atoms with Crippen LogP contribution in [0.15, 0.2) is 30.6 Å². The summed E-state index contributed by atoms with van der Waals surface area (Å²) in [5.41, 5.74) is 12.9. The third kappa shape index (κ3) is 7.87. The first kappa shape index (κ1) is 33.5. The number of ether oxygens (including phenoxy) is 1. The largest absolute Gasteiger partial charge is 0.496 e. The molecule has 41 heavy (non-hydrogen) atoms. The number of piperidine rings is 1. The van der Waals surface area contributed by atoms with E-state index in [1.807, 2.05) is 12.4 Å². The SMILES string of the molecule is COc1ccccc1CC1CCN(Nc2nc(NC3CCC(N)CC3)nc3c2ncn3C2CCCC2)CC1.Cl.Cl.Cl. The number of nitrogens with zero attached hydrogens (tertiary/aromatic N) is 5. The van der Waals surface area contributed by atoms with Gasteiger partial charge in [-0.1, -0.05) is 31.0 Å². The van der Waals surface area contributed by atoms with E-state index in [0.29, 0.717) is 30.0 Å². The fraction of sp³-hybridized carbons (Fsp3) is 0.621. The normalized spacial score (nSPS) is 21.9. The highest BCUT2D eigenvalue weighted by Gasteiger charge is 2.26. The first-order valence-electron chi connectivity index (χ1n) is 14.6. The second-order valence-electron chi connectivity index (χ2n) is 11.5. The van der Waals surface area contributed by atoms with Gasteiger partial charge in [0.25, 0.3) is 0 Å². The Bertz CT molecular complexity index is 1220. The van der Waals surface area contributed by atoms with Crippen molar-refractivity contribution >= 4 is 60.2 Å². The van der Waals surface area contributed by atoms with Crippen molar-refractivity contribution in [3.8, 4) is 5.75 Å². The molecular weight excluding hydrogens is 583 g/mol. The molecule has 3 fully saturated rings. The number of imidazole rings is 1. The predicted molar refractivity (Wildman–Crippen MR) is 173 cm³/mol. The van der Waals surface area contributed by atoms with E-state index in [9.17, 15) is 0 Å². The molecule has 2 aliphatic carbocycles. The summed E-state index contributed by atoms with van der Waals surface area (Å²) in [4.78, 5) is 14.8. The molecule has 3 heterocycles. The average Bonchev–Trinajstić information content (AvgIpc) is 3.62. The number of fused-ring (bicyclic) bond motifs is 1. The van der Waals surface area contributed by atoms with Crippen molar-refractivity contribution in [1.29, 1.82) is 0 Å². The number of hydrogen-bond donors (Lipinski definition) is 3. The second-order valence-corrected chi connectivity index (χ2v) is 11.5. The molecule has 0 atom stereocenters. The lowest BCUT2D eigenvalue weighted by Gasteiger charge is -2.32. The molecule has 3 aliphatic rings. The number of aromatic nitrogens is 4. The number of para-hydroxylation sites is 1. The van der Waals surface area contributed by atoms with Crippen molar-refractivity contribution in [2.45, 2.75) is 88.8 Å². The van der Waals surface area contributed by atoms with Crippen LogP contribution in [0.1, 0.15) is 75.8 Å². The maximum absolute atomic E-state index is 6.14. The number of methoxy groups -OCH3 is 1. The van der Waals surface area contributed by atoms with Crippen LogP contribution in [0.3, 0.4) is 0 Å². The Balaban J connectivity index is 0.00000154. The summed E-state index contributed by atoms with van der Waals surface area (Å²) in [6.07, 6.45) is 14.5. The van der Waals surface area contributed by atoms with Gasteiger partial charge < -0.3 is 25.8 Å². The van der Waals surface area contributed by atoms with E-state index in [1.165, 1.54) is 31.2 Å². The molecule has 12 heteroatoms. The molecule has 228 valence electrons. The molecule has 2 saturated carbocycles. The Kier molecular flexibility index (Phi) is 12.6. The van der Waals surface area contributed by atoms with Crippen molar-refractivity contribution in [2.24, 2.45) is 11.7 Å². The molecule has 4 N–H and O–H groups in total. The first-order chi connectivity index (χ1) is 18.7. The number of benzene rings is 1. The zero-order valence-electron chi connectivity index (χ0n) is 23.8. The molecule has 3 aromatic rings. The van der Waals surface area contributed by atoms with Crippen LogP contribution < -0.4 is 21.2 Å². The summed E-state index contributed by atoms with van der Waals surface area (Å²) >= 11 is 0. The van der Waals surface area contributed by atoms with E-state index in [1.54, 1.807) is 7.11 Å². The highest BCUT2D eigenvalue weighted by Crippen LogP contribution is 2.34. The van der Waals surface area contributed by atoms with E-state index < -0.39 is 0 Å². The van der Waals surface area contributed by atoms with Gasteiger partial charge in [-0.3, -0.25) is 0 Å². The van der Waals surface area contributed by atoms with Crippen LogP contribution in [-0.4, -0.2) is 56.8 Å². The smallest absolute Gasteiger partial charge is 0.227 e. The Labute approximate surface area is 262 Å². The third-order valence-electron chi connectivity index (χ3n) is 8.82. The Hall–Kier alpha value is -2.04. The molecule has 2 aromatic heterocycles. The van der Waals surface area contributed by atoms with Gasteiger partial charge >= 0.3 is 0 Å². The Morgan fingerprint density at radius 1 is 0.927 bits per heavy atom. The maximum atomic E-state index is 6.14. The topological polar surface area (TPSA) is 106 Å². The predicted octanol–water partition coefficient (Wildman–Crippen LogP) is 6.18. The molecular formula is C29H45Cl3N8O. The van der Waals surface area contributed by atoms with Crippen molar-refractivity contribution in [3.63, 3.8) is 0 Å². The Morgan fingerprint density at radius 2 is 1.63 bits per heavy atom. The van der Waals surface area contributed by atoms with Gasteiger partial charge in [0, 0.05) is 31.2 Å². The molecule has 6 rings (SSSR count). The number of anilines is 2. The van der Waals surface area contributed by atoms with Gasteiger partial charge in [-0.2, -0.15) is 9.97 Å². The highest BCUT2D eigenvalue weighted by molar-refractivity contribution is 5.86. The van der Waals surface area contributed by atoms with Crippen LogP contribution in [0.2, 0.25) is 0 Å². The number of hydrogen-bond acceptors (Lipinski definition) is 8. The summed E-state index contributed by atoms with van der Waals surface area (Å²) < 4.78 is 7.87.